The molecule has 26 heavy (non-hydrogen) atoms. The molecule has 0 saturated heterocycles. The Balaban J connectivity index is 2.03. The predicted octanol–water partition coefficient (Wildman–Crippen LogP) is 3.30. The molecule has 1 aromatic carbocycles. The summed E-state index contributed by atoms with van der Waals surface area (Å²) >= 11 is 0. The Bertz CT molecular complexity index is 738. The van der Waals surface area contributed by atoms with Crippen LogP contribution in [-0.2, 0) is 6.42 Å². The molecular weight excluding hydrogens is 335 g/mol. The van der Waals surface area contributed by atoms with Gasteiger partial charge in [-0.05, 0) is 51.8 Å². The first kappa shape index (κ1) is 19.8. The maximum Gasteiger partial charge on any atom is 0.191 e. The molecule has 0 fully saturated rings. The highest BCUT2D eigenvalue weighted by atomic mass is 19.1. The molecular formula is C19H27FN4O2. The van der Waals surface area contributed by atoms with Gasteiger partial charge in [0.05, 0.1) is 18.8 Å². The number of nitrogens with one attached hydrogen (secondary N) is 2. The number of aliphatic imine (C=N–C) groups is 1. The van der Waals surface area contributed by atoms with Crippen LogP contribution < -0.4 is 15.4 Å². The number of hydrogen-bond acceptors (Lipinski definition) is 4. The van der Waals surface area contributed by atoms with E-state index in [1.807, 2.05) is 33.8 Å². The number of benzene rings is 1. The first-order chi connectivity index (χ1) is 12.5. The summed E-state index contributed by atoms with van der Waals surface area (Å²) in [6, 6.07) is 4.84. The van der Waals surface area contributed by atoms with Crippen molar-refractivity contribution in [1.29, 1.82) is 0 Å². The maximum atomic E-state index is 13.9. The number of methoxy groups -OCH3 is 1. The highest BCUT2D eigenvalue weighted by Gasteiger charge is 2.12. The fourth-order valence-corrected chi connectivity index (χ4v) is 2.70. The van der Waals surface area contributed by atoms with E-state index in [1.54, 1.807) is 6.07 Å². The molecule has 2 rings (SSSR count). The average Bonchev–Trinajstić information content (AvgIpc) is 2.93. The summed E-state index contributed by atoms with van der Waals surface area (Å²) in [5, 5.41) is 10.5. The van der Waals surface area contributed by atoms with Gasteiger partial charge < -0.3 is 19.9 Å². The summed E-state index contributed by atoms with van der Waals surface area (Å²) in [5.74, 6) is 1.38. The van der Waals surface area contributed by atoms with Crippen molar-refractivity contribution in [1.82, 2.24) is 15.8 Å². The van der Waals surface area contributed by atoms with E-state index < -0.39 is 0 Å². The molecule has 1 heterocycles. The zero-order chi connectivity index (χ0) is 19.1. The zero-order valence-corrected chi connectivity index (χ0v) is 16.0. The Morgan fingerprint density at radius 1 is 1.38 bits per heavy atom. The highest BCUT2D eigenvalue weighted by Crippen LogP contribution is 2.21. The SMILES string of the molecule is CCNC(=NCCc1c(C)noc1C)NC(C)c1ccc(OC)c(F)c1. The predicted molar refractivity (Wildman–Crippen MR) is 100 cm³/mol. The molecule has 0 bridgehead atoms. The summed E-state index contributed by atoms with van der Waals surface area (Å²) in [6.45, 7) is 9.14. The lowest BCUT2D eigenvalue weighted by molar-refractivity contribution is 0.386. The zero-order valence-electron chi connectivity index (χ0n) is 16.0. The molecule has 1 aromatic heterocycles. The molecule has 0 spiro atoms. The van der Waals surface area contributed by atoms with Crippen LogP contribution in [0.25, 0.3) is 0 Å². The normalized spacial score (nSPS) is 12.8. The van der Waals surface area contributed by atoms with Crippen LogP contribution in [0, 0.1) is 19.7 Å². The van der Waals surface area contributed by atoms with Gasteiger partial charge in [-0.25, -0.2) is 4.39 Å². The van der Waals surface area contributed by atoms with Crippen molar-refractivity contribution in [3.8, 4) is 5.75 Å². The molecule has 1 atom stereocenters. The molecule has 0 saturated carbocycles. The molecule has 2 aromatic rings. The van der Waals surface area contributed by atoms with Crippen LogP contribution in [0.2, 0.25) is 0 Å². The minimum Gasteiger partial charge on any atom is -0.494 e. The summed E-state index contributed by atoms with van der Waals surface area (Å²) in [4.78, 5) is 4.60. The maximum absolute atomic E-state index is 13.9. The molecule has 2 N–H and O–H groups in total. The lowest BCUT2D eigenvalue weighted by Crippen LogP contribution is -2.39. The smallest absolute Gasteiger partial charge is 0.191 e. The van der Waals surface area contributed by atoms with Crippen molar-refractivity contribution < 1.29 is 13.7 Å². The number of hydrogen-bond donors (Lipinski definition) is 2. The van der Waals surface area contributed by atoms with Crippen LogP contribution in [0.3, 0.4) is 0 Å². The van der Waals surface area contributed by atoms with Crippen LogP contribution in [0.4, 0.5) is 4.39 Å². The number of nitrogens with zero attached hydrogens (tertiary/aromatic N) is 2. The monoisotopic (exact) mass is 362 g/mol. The van der Waals surface area contributed by atoms with Gasteiger partial charge in [0.1, 0.15) is 5.76 Å². The standard InChI is InChI=1S/C19H27FN4O2/c1-6-21-19(22-10-9-16-13(3)24-26-14(16)4)23-12(2)15-7-8-18(25-5)17(20)11-15/h7-8,11-12H,6,9-10H2,1-5H3,(H2,21,22,23). The third kappa shape index (κ3) is 4.97. The van der Waals surface area contributed by atoms with Crippen molar-refractivity contribution in [3.05, 3.63) is 46.6 Å². The van der Waals surface area contributed by atoms with Gasteiger partial charge in [0, 0.05) is 18.7 Å². The average molecular weight is 362 g/mol. The van der Waals surface area contributed by atoms with E-state index >= 15 is 0 Å². The second kappa shape index (κ2) is 9.22. The number of halogens is 1. The minimum atomic E-state index is -0.376. The van der Waals surface area contributed by atoms with Crippen LogP contribution in [0.5, 0.6) is 5.75 Å². The van der Waals surface area contributed by atoms with E-state index in [9.17, 15) is 4.39 Å². The van der Waals surface area contributed by atoms with Gasteiger partial charge in [-0.15, -0.1) is 0 Å². The number of guanidine groups is 1. The Morgan fingerprint density at radius 2 is 2.15 bits per heavy atom. The van der Waals surface area contributed by atoms with Gasteiger partial charge in [-0.3, -0.25) is 4.99 Å². The van der Waals surface area contributed by atoms with E-state index in [0.29, 0.717) is 12.5 Å². The quantitative estimate of drug-likeness (QED) is 0.584. The third-order valence-corrected chi connectivity index (χ3v) is 4.19. The van der Waals surface area contributed by atoms with Gasteiger partial charge in [0.25, 0.3) is 0 Å². The minimum absolute atomic E-state index is 0.104. The summed E-state index contributed by atoms with van der Waals surface area (Å²) < 4.78 is 24.1. The van der Waals surface area contributed by atoms with Crippen molar-refractivity contribution in [3.63, 3.8) is 0 Å². The second-order valence-corrected chi connectivity index (χ2v) is 6.07. The van der Waals surface area contributed by atoms with E-state index in [1.165, 1.54) is 13.2 Å². The topological polar surface area (TPSA) is 71.7 Å². The number of ether oxygens (including phenoxy) is 1. The Labute approximate surface area is 153 Å². The van der Waals surface area contributed by atoms with Gasteiger partial charge >= 0.3 is 0 Å². The van der Waals surface area contributed by atoms with Crippen LogP contribution >= 0.6 is 0 Å². The first-order valence-corrected chi connectivity index (χ1v) is 8.76. The van der Waals surface area contributed by atoms with Gasteiger partial charge in [-0.1, -0.05) is 11.2 Å². The molecule has 7 heteroatoms. The Hall–Kier alpha value is -2.57. The van der Waals surface area contributed by atoms with Crippen LogP contribution in [0.15, 0.2) is 27.7 Å². The van der Waals surface area contributed by atoms with Gasteiger partial charge in [-0.2, -0.15) is 0 Å². The summed E-state index contributed by atoms with van der Waals surface area (Å²) in [7, 11) is 1.45. The summed E-state index contributed by atoms with van der Waals surface area (Å²) in [6.07, 6.45) is 0.753. The number of aryl methyl sites for hydroxylation is 2. The largest absolute Gasteiger partial charge is 0.494 e. The van der Waals surface area contributed by atoms with Crippen molar-refractivity contribution in [2.45, 2.75) is 40.2 Å². The molecule has 0 aliphatic heterocycles. The molecule has 0 radical (unpaired) electrons. The molecule has 0 amide bonds. The molecule has 1 unspecified atom stereocenters. The van der Waals surface area contributed by atoms with Crippen molar-refractivity contribution >= 4 is 5.96 Å². The lowest BCUT2D eigenvalue weighted by Gasteiger charge is -2.18. The van der Waals surface area contributed by atoms with Crippen LogP contribution in [0.1, 0.15) is 42.5 Å². The lowest BCUT2D eigenvalue weighted by atomic mass is 10.1. The Morgan fingerprint density at radius 3 is 2.73 bits per heavy atom. The molecule has 0 aliphatic rings. The first-order valence-electron chi connectivity index (χ1n) is 8.76. The fraction of sp³-hybridized carbons (Fsp3) is 0.474. The fourth-order valence-electron chi connectivity index (χ4n) is 2.70. The number of aromatic nitrogens is 1. The summed E-state index contributed by atoms with van der Waals surface area (Å²) in [5.41, 5.74) is 2.81. The Kier molecular flexibility index (Phi) is 7.00. The third-order valence-electron chi connectivity index (χ3n) is 4.19. The van der Waals surface area contributed by atoms with E-state index in [-0.39, 0.29) is 17.6 Å². The van der Waals surface area contributed by atoms with E-state index in [0.717, 1.165) is 35.5 Å². The van der Waals surface area contributed by atoms with E-state index in [2.05, 4.69) is 20.8 Å². The second-order valence-electron chi connectivity index (χ2n) is 6.07. The molecule has 142 valence electrons. The number of rotatable bonds is 7. The van der Waals surface area contributed by atoms with Gasteiger partial charge in [0.15, 0.2) is 17.5 Å². The van der Waals surface area contributed by atoms with Crippen LogP contribution in [-0.4, -0.2) is 31.3 Å². The molecule has 6 nitrogen and oxygen atoms in total. The van der Waals surface area contributed by atoms with E-state index in [4.69, 9.17) is 9.26 Å². The van der Waals surface area contributed by atoms with Crippen molar-refractivity contribution in [2.75, 3.05) is 20.2 Å². The van der Waals surface area contributed by atoms with Crippen molar-refractivity contribution in [2.24, 2.45) is 4.99 Å². The molecule has 0 aliphatic carbocycles. The highest BCUT2D eigenvalue weighted by molar-refractivity contribution is 5.80. The van der Waals surface area contributed by atoms with Gasteiger partial charge in [0.2, 0.25) is 0 Å².